The molecule has 170 valence electrons. The van der Waals surface area contributed by atoms with Gasteiger partial charge in [-0.2, -0.15) is 13.2 Å². The number of carbonyl (C=O) groups is 2. The Hall–Kier alpha value is -2.97. The van der Waals surface area contributed by atoms with Crippen molar-refractivity contribution in [1.82, 2.24) is 15.3 Å². The van der Waals surface area contributed by atoms with E-state index in [9.17, 15) is 22.8 Å². The zero-order valence-electron chi connectivity index (χ0n) is 18.0. The fourth-order valence-electron chi connectivity index (χ4n) is 3.83. The summed E-state index contributed by atoms with van der Waals surface area (Å²) in [6.45, 7) is 4.34. The van der Waals surface area contributed by atoms with Gasteiger partial charge < -0.3 is 10.2 Å². The summed E-state index contributed by atoms with van der Waals surface area (Å²) >= 11 is 0. The molecule has 2 fully saturated rings. The van der Waals surface area contributed by atoms with Crippen LogP contribution in [-0.4, -0.2) is 34.9 Å². The zero-order chi connectivity index (χ0) is 23.0. The number of benzene rings is 1. The highest BCUT2D eigenvalue weighted by Crippen LogP contribution is 2.40. The van der Waals surface area contributed by atoms with Gasteiger partial charge in [0, 0.05) is 43.2 Å². The van der Waals surface area contributed by atoms with Crippen LogP contribution in [0.5, 0.6) is 0 Å². The van der Waals surface area contributed by atoms with E-state index in [1.54, 1.807) is 4.90 Å². The Labute approximate surface area is 184 Å². The second kappa shape index (κ2) is 8.52. The molecule has 0 radical (unpaired) electrons. The van der Waals surface area contributed by atoms with E-state index in [4.69, 9.17) is 0 Å². The molecule has 32 heavy (non-hydrogen) atoms. The maximum absolute atomic E-state index is 13.2. The summed E-state index contributed by atoms with van der Waals surface area (Å²) in [5.74, 6) is -0.786. The summed E-state index contributed by atoms with van der Waals surface area (Å²) in [6.07, 6.45) is -2.68. The smallest absolute Gasteiger partial charge is 0.355 e. The van der Waals surface area contributed by atoms with Gasteiger partial charge in [0.25, 0.3) is 0 Å². The van der Waals surface area contributed by atoms with E-state index >= 15 is 0 Å². The molecule has 1 aromatic heterocycles. The molecule has 2 aliphatic rings. The predicted molar refractivity (Wildman–Crippen MR) is 112 cm³/mol. The maximum Gasteiger partial charge on any atom is 0.433 e. The lowest BCUT2D eigenvalue weighted by Crippen LogP contribution is -2.34. The van der Waals surface area contributed by atoms with Crippen LogP contribution in [0.2, 0.25) is 0 Å². The summed E-state index contributed by atoms with van der Waals surface area (Å²) in [5, 5.41) is 2.73. The third-order valence-electron chi connectivity index (χ3n) is 6.02. The second-order valence-electron chi connectivity index (χ2n) is 8.58. The van der Waals surface area contributed by atoms with Crippen LogP contribution in [0.15, 0.2) is 24.3 Å². The molecule has 2 amide bonds. The van der Waals surface area contributed by atoms with Crippen LogP contribution in [0.1, 0.15) is 53.5 Å². The normalized spacial score (nSPS) is 18.8. The molecule has 1 aromatic carbocycles. The third-order valence-corrected chi connectivity index (χ3v) is 6.02. The van der Waals surface area contributed by atoms with Gasteiger partial charge >= 0.3 is 6.18 Å². The first-order valence-corrected chi connectivity index (χ1v) is 10.7. The number of hydrogen-bond donors (Lipinski definition) is 1. The molecular weight excluding hydrogens is 421 g/mol. The number of aryl methyl sites for hydroxylation is 2. The molecule has 1 atom stereocenters. The van der Waals surface area contributed by atoms with E-state index in [1.165, 1.54) is 0 Å². The minimum atomic E-state index is -4.54. The summed E-state index contributed by atoms with van der Waals surface area (Å²) < 4.78 is 39.5. The van der Waals surface area contributed by atoms with Gasteiger partial charge in [-0.3, -0.25) is 9.59 Å². The van der Waals surface area contributed by atoms with Crippen molar-refractivity contribution in [2.24, 2.45) is 5.92 Å². The number of amides is 2. The van der Waals surface area contributed by atoms with Crippen molar-refractivity contribution in [2.75, 3.05) is 18.0 Å². The van der Waals surface area contributed by atoms with Crippen molar-refractivity contribution in [3.63, 3.8) is 0 Å². The quantitative estimate of drug-likeness (QED) is 0.734. The SMILES string of the molecule is Cc1ccc(N2CC(C(=O)NCCc3nc(C4CC4)cc(C(F)(F)F)n3)CC2=O)cc1C. The van der Waals surface area contributed by atoms with Crippen molar-refractivity contribution >= 4 is 17.5 Å². The second-order valence-corrected chi connectivity index (χ2v) is 8.58. The summed E-state index contributed by atoms with van der Waals surface area (Å²) in [7, 11) is 0. The zero-order valence-corrected chi connectivity index (χ0v) is 18.0. The van der Waals surface area contributed by atoms with Crippen molar-refractivity contribution in [3.8, 4) is 0 Å². The Morgan fingerprint density at radius 2 is 1.91 bits per heavy atom. The number of anilines is 1. The van der Waals surface area contributed by atoms with Gasteiger partial charge in [0.2, 0.25) is 11.8 Å². The van der Waals surface area contributed by atoms with Gasteiger partial charge in [-0.1, -0.05) is 6.07 Å². The lowest BCUT2D eigenvalue weighted by molar-refractivity contribution is -0.141. The topological polar surface area (TPSA) is 75.2 Å². The van der Waals surface area contributed by atoms with Gasteiger partial charge in [0.05, 0.1) is 5.92 Å². The number of rotatable bonds is 6. The Balaban J connectivity index is 1.36. The Morgan fingerprint density at radius 3 is 2.56 bits per heavy atom. The minimum absolute atomic E-state index is 0.0633. The lowest BCUT2D eigenvalue weighted by Gasteiger charge is -2.18. The molecule has 6 nitrogen and oxygen atoms in total. The average molecular weight is 446 g/mol. The Kier molecular flexibility index (Phi) is 5.92. The number of hydrogen-bond acceptors (Lipinski definition) is 4. The highest BCUT2D eigenvalue weighted by molar-refractivity contribution is 6.00. The Morgan fingerprint density at radius 1 is 1.16 bits per heavy atom. The van der Waals surface area contributed by atoms with Crippen LogP contribution in [-0.2, 0) is 22.2 Å². The van der Waals surface area contributed by atoms with Crippen LogP contribution in [0.4, 0.5) is 18.9 Å². The van der Waals surface area contributed by atoms with E-state index in [0.29, 0.717) is 5.69 Å². The highest BCUT2D eigenvalue weighted by Gasteiger charge is 2.37. The molecule has 2 aromatic rings. The van der Waals surface area contributed by atoms with Crippen molar-refractivity contribution in [2.45, 2.75) is 51.6 Å². The monoisotopic (exact) mass is 446 g/mol. The van der Waals surface area contributed by atoms with Crippen molar-refractivity contribution in [1.29, 1.82) is 0 Å². The largest absolute Gasteiger partial charge is 0.433 e. The molecule has 1 saturated heterocycles. The molecule has 1 saturated carbocycles. The van der Waals surface area contributed by atoms with E-state index in [2.05, 4.69) is 15.3 Å². The summed E-state index contributed by atoms with van der Waals surface area (Å²) in [6, 6.07) is 6.75. The van der Waals surface area contributed by atoms with E-state index in [1.807, 2.05) is 32.0 Å². The molecule has 0 bridgehead atoms. The first kappa shape index (κ1) is 22.2. The lowest BCUT2D eigenvalue weighted by atomic mass is 10.1. The summed E-state index contributed by atoms with van der Waals surface area (Å²) in [5.41, 5.74) is 2.42. The molecule has 0 spiro atoms. The highest BCUT2D eigenvalue weighted by atomic mass is 19.4. The first-order chi connectivity index (χ1) is 15.1. The fourth-order valence-corrected chi connectivity index (χ4v) is 3.83. The van der Waals surface area contributed by atoms with Gasteiger partial charge in [-0.15, -0.1) is 0 Å². The van der Waals surface area contributed by atoms with E-state index < -0.39 is 17.8 Å². The maximum atomic E-state index is 13.2. The summed E-state index contributed by atoms with van der Waals surface area (Å²) in [4.78, 5) is 34.5. The van der Waals surface area contributed by atoms with Gasteiger partial charge in [-0.05, 0) is 56.0 Å². The van der Waals surface area contributed by atoms with Crippen LogP contribution in [0.25, 0.3) is 0 Å². The number of alkyl halides is 3. The molecule has 1 aliphatic carbocycles. The van der Waals surface area contributed by atoms with Gasteiger partial charge in [-0.25, -0.2) is 9.97 Å². The first-order valence-electron chi connectivity index (χ1n) is 10.7. The molecule has 1 N–H and O–H groups in total. The van der Waals surface area contributed by atoms with Crippen molar-refractivity contribution < 1.29 is 22.8 Å². The number of nitrogens with one attached hydrogen (secondary N) is 1. The molecule has 2 heterocycles. The predicted octanol–water partition coefficient (Wildman–Crippen LogP) is 3.70. The fraction of sp³-hybridized carbons (Fsp3) is 0.478. The van der Waals surface area contributed by atoms with Crippen LogP contribution < -0.4 is 10.2 Å². The van der Waals surface area contributed by atoms with Crippen LogP contribution >= 0.6 is 0 Å². The molecule has 9 heteroatoms. The number of nitrogens with zero attached hydrogens (tertiary/aromatic N) is 3. The standard InChI is InChI=1S/C23H25F3N4O2/c1-13-3-6-17(9-14(13)2)30-12-16(10-21(30)31)22(32)27-8-7-20-28-18(15-4-5-15)11-19(29-20)23(24,25)26/h3,6,9,11,15-16H,4-5,7-8,10,12H2,1-2H3,(H,27,32). The van der Waals surface area contributed by atoms with Crippen molar-refractivity contribution in [3.05, 3.63) is 52.6 Å². The van der Waals surface area contributed by atoms with E-state index in [0.717, 1.165) is 35.7 Å². The van der Waals surface area contributed by atoms with Gasteiger partial charge in [0.1, 0.15) is 11.5 Å². The Bertz CT molecular complexity index is 1050. The molecule has 1 aliphatic heterocycles. The third kappa shape index (κ3) is 4.92. The number of carbonyl (C=O) groups excluding carboxylic acids is 2. The number of halogens is 3. The van der Waals surface area contributed by atoms with E-state index in [-0.39, 0.29) is 49.5 Å². The molecule has 4 rings (SSSR count). The van der Waals surface area contributed by atoms with Crippen LogP contribution in [0, 0.1) is 19.8 Å². The number of aromatic nitrogens is 2. The molecular formula is C23H25F3N4O2. The molecule has 1 unspecified atom stereocenters. The van der Waals surface area contributed by atoms with Gasteiger partial charge in [0.15, 0.2) is 0 Å². The van der Waals surface area contributed by atoms with Crippen LogP contribution in [0.3, 0.4) is 0 Å². The minimum Gasteiger partial charge on any atom is -0.355 e. The average Bonchev–Trinajstić information content (AvgIpc) is 3.51.